The number of piperidine rings is 1. The van der Waals surface area contributed by atoms with E-state index in [-0.39, 0.29) is 23.8 Å². The normalized spacial score (nSPS) is 35.7. The number of aliphatic hydroxyl groups is 1. The Balaban J connectivity index is 1.98. The van der Waals surface area contributed by atoms with Crippen LogP contribution in [-0.2, 0) is 9.53 Å². The minimum Gasteiger partial charge on any atom is -0.469 e. The number of aryl methyl sites for hydroxylation is 1. The highest BCUT2D eigenvalue weighted by Crippen LogP contribution is 2.46. The molecule has 2 aliphatic heterocycles. The SMILES string of the molecule is COC(=O)[C@@H]1[C@H]2[C@H](O)C[C@@H](C[C@@H]1c1ccc(C)cc1)N2C. The minimum absolute atomic E-state index is 0.126. The fraction of sp³-hybridized carbons (Fsp3) is 0.588. The molecule has 2 fully saturated rings. The molecule has 114 valence electrons. The Labute approximate surface area is 125 Å². The largest absolute Gasteiger partial charge is 0.469 e. The van der Waals surface area contributed by atoms with Crippen molar-refractivity contribution in [3.05, 3.63) is 35.4 Å². The smallest absolute Gasteiger partial charge is 0.310 e. The maximum atomic E-state index is 12.3. The van der Waals surface area contributed by atoms with E-state index in [2.05, 4.69) is 36.1 Å². The van der Waals surface area contributed by atoms with Crippen molar-refractivity contribution in [2.45, 2.75) is 43.9 Å². The van der Waals surface area contributed by atoms with Crippen LogP contribution < -0.4 is 0 Å². The van der Waals surface area contributed by atoms with Gasteiger partial charge in [-0.25, -0.2) is 0 Å². The summed E-state index contributed by atoms with van der Waals surface area (Å²) in [6.45, 7) is 2.06. The van der Waals surface area contributed by atoms with Crippen LogP contribution in [0.1, 0.15) is 29.9 Å². The molecule has 0 spiro atoms. The molecule has 2 aliphatic rings. The molecular formula is C17H23NO3. The van der Waals surface area contributed by atoms with Crippen molar-refractivity contribution in [3.63, 3.8) is 0 Å². The summed E-state index contributed by atoms with van der Waals surface area (Å²) >= 11 is 0. The molecule has 21 heavy (non-hydrogen) atoms. The Hall–Kier alpha value is -1.39. The van der Waals surface area contributed by atoms with E-state index in [1.165, 1.54) is 18.2 Å². The van der Waals surface area contributed by atoms with Gasteiger partial charge in [-0.15, -0.1) is 0 Å². The number of carbonyl (C=O) groups excluding carboxylic acids is 1. The van der Waals surface area contributed by atoms with Crippen molar-refractivity contribution in [2.75, 3.05) is 14.2 Å². The second-order valence-corrected chi connectivity index (χ2v) is 6.41. The average molecular weight is 289 g/mol. The van der Waals surface area contributed by atoms with Crippen LogP contribution in [0.15, 0.2) is 24.3 Å². The van der Waals surface area contributed by atoms with Gasteiger partial charge in [0, 0.05) is 18.0 Å². The van der Waals surface area contributed by atoms with Gasteiger partial charge in [-0.05, 0) is 32.4 Å². The number of benzene rings is 1. The highest BCUT2D eigenvalue weighted by molar-refractivity contribution is 5.75. The molecule has 4 nitrogen and oxygen atoms in total. The molecule has 5 atom stereocenters. The zero-order valence-corrected chi connectivity index (χ0v) is 12.8. The summed E-state index contributed by atoms with van der Waals surface area (Å²) < 4.78 is 5.04. The quantitative estimate of drug-likeness (QED) is 0.842. The molecule has 1 N–H and O–H groups in total. The second kappa shape index (κ2) is 5.43. The first-order valence-electron chi connectivity index (χ1n) is 7.57. The van der Waals surface area contributed by atoms with Crippen LogP contribution >= 0.6 is 0 Å². The summed E-state index contributed by atoms with van der Waals surface area (Å²) in [5, 5.41) is 10.3. The molecule has 2 heterocycles. The number of hydrogen-bond donors (Lipinski definition) is 1. The van der Waals surface area contributed by atoms with Gasteiger partial charge >= 0.3 is 5.97 Å². The number of carbonyl (C=O) groups is 1. The van der Waals surface area contributed by atoms with E-state index >= 15 is 0 Å². The van der Waals surface area contributed by atoms with Crippen molar-refractivity contribution in [1.29, 1.82) is 0 Å². The molecule has 0 amide bonds. The van der Waals surface area contributed by atoms with Crippen molar-refractivity contribution in [2.24, 2.45) is 5.92 Å². The van der Waals surface area contributed by atoms with E-state index in [0.29, 0.717) is 6.04 Å². The van der Waals surface area contributed by atoms with Gasteiger partial charge in [-0.3, -0.25) is 9.69 Å². The van der Waals surface area contributed by atoms with Gasteiger partial charge in [0.25, 0.3) is 0 Å². The summed E-state index contributed by atoms with van der Waals surface area (Å²) in [4.78, 5) is 14.5. The van der Waals surface area contributed by atoms with Crippen LogP contribution in [0.5, 0.6) is 0 Å². The lowest BCUT2D eigenvalue weighted by Gasteiger charge is -2.42. The lowest BCUT2D eigenvalue weighted by Crippen LogP contribution is -2.51. The molecular weight excluding hydrogens is 266 g/mol. The number of rotatable bonds is 2. The third-order valence-corrected chi connectivity index (χ3v) is 5.26. The first-order chi connectivity index (χ1) is 10.0. The molecule has 1 aromatic rings. The number of esters is 1. The van der Waals surface area contributed by atoms with E-state index in [1.807, 2.05) is 7.05 Å². The number of methoxy groups -OCH3 is 1. The Morgan fingerprint density at radius 1 is 1.29 bits per heavy atom. The molecule has 0 radical (unpaired) electrons. The van der Waals surface area contributed by atoms with E-state index in [9.17, 15) is 9.90 Å². The molecule has 2 bridgehead atoms. The number of nitrogens with zero attached hydrogens (tertiary/aromatic N) is 1. The van der Waals surface area contributed by atoms with Crippen molar-refractivity contribution >= 4 is 5.97 Å². The third kappa shape index (κ3) is 2.36. The van der Waals surface area contributed by atoms with Crippen LogP contribution in [0, 0.1) is 12.8 Å². The van der Waals surface area contributed by atoms with Gasteiger partial charge < -0.3 is 9.84 Å². The number of aliphatic hydroxyl groups excluding tert-OH is 1. The highest BCUT2D eigenvalue weighted by atomic mass is 16.5. The third-order valence-electron chi connectivity index (χ3n) is 5.26. The maximum absolute atomic E-state index is 12.3. The van der Waals surface area contributed by atoms with Crippen LogP contribution in [0.4, 0.5) is 0 Å². The lowest BCUT2D eigenvalue weighted by molar-refractivity contribution is -0.151. The van der Waals surface area contributed by atoms with Crippen molar-refractivity contribution in [1.82, 2.24) is 4.90 Å². The monoisotopic (exact) mass is 289 g/mol. The molecule has 4 heteroatoms. The van der Waals surface area contributed by atoms with Gasteiger partial charge in [0.05, 0.1) is 19.1 Å². The maximum Gasteiger partial charge on any atom is 0.310 e. The van der Waals surface area contributed by atoms with E-state index in [4.69, 9.17) is 4.74 Å². The lowest BCUT2D eigenvalue weighted by atomic mass is 9.76. The van der Waals surface area contributed by atoms with E-state index in [1.54, 1.807) is 0 Å². The Kier molecular flexibility index (Phi) is 3.76. The summed E-state index contributed by atoms with van der Waals surface area (Å²) in [6, 6.07) is 8.58. The number of hydrogen-bond acceptors (Lipinski definition) is 4. The molecule has 3 rings (SSSR count). The summed E-state index contributed by atoms with van der Waals surface area (Å²) in [5.74, 6) is -0.380. The van der Waals surface area contributed by atoms with Crippen LogP contribution in [0.25, 0.3) is 0 Å². The molecule has 0 aliphatic carbocycles. The van der Waals surface area contributed by atoms with E-state index < -0.39 is 6.10 Å². The van der Waals surface area contributed by atoms with Crippen LogP contribution in [-0.4, -0.2) is 48.3 Å². The van der Waals surface area contributed by atoms with Gasteiger partial charge in [-0.2, -0.15) is 0 Å². The Bertz CT molecular complexity index is 527. The van der Waals surface area contributed by atoms with Crippen molar-refractivity contribution < 1.29 is 14.6 Å². The molecule has 0 aromatic heterocycles. The summed E-state index contributed by atoms with van der Waals surface area (Å²) in [6.07, 6.45) is 1.20. The van der Waals surface area contributed by atoms with Crippen LogP contribution in [0.3, 0.4) is 0 Å². The van der Waals surface area contributed by atoms with Gasteiger partial charge in [-0.1, -0.05) is 29.8 Å². The predicted molar refractivity (Wildman–Crippen MR) is 80.0 cm³/mol. The van der Waals surface area contributed by atoms with Gasteiger partial charge in [0.2, 0.25) is 0 Å². The standard InChI is InChI=1S/C17H23NO3/c1-10-4-6-11(7-5-10)13-8-12-9-14(19)16(18(12)2)15(13)17(20)21-3/h4-7,12-16,19H,8-9H2,1-3H3/t12-,13-,14-,15+,16-/m1/s1. The average Bonchev–Trinajstić information content (AvgIpc) is 2.66. The van der Waals surface area contributed by atoms with E-state index in [0.717, 1.165) is 12.8 Å². The zero-order valence-electron chi connectivity index (χ0n) is 12.8. The number of likely N-dealkylation sites (N-methyl/N-ethyl adjacent to an activating group) is 1. The molecule has 0 saturated carbocycles. The molecule has 1 aromatic carbocycles. The first kappa shape index (κ1) is 14.5. The predicted octanol–water partition coefficient (Wildman–Crippen LogP) is 1.71. The second-order valence-electron chi connectivity index (χ2n) is 6.41. The first-order valence-corrected chi connectivity index (χ1v) is 7.57. The highest BCUT2D eigenvalue weighted by Gasteiger charge is 2.53. The Morgan fingerprint density at radius 3 is 2.57 bits per heavy atom. The molecule has 0 unspecified atom stereocenters. The fourth-order valence-electron chi connectivity index (χ4n) is 4.13. The number of ether oxygens (including phenoxy) is 1. The van der Waals surface area contributed by atoms with Crippen LogP contribution in [0.2, 0.25) is 0 Å². The zero-order chi connectivity index (χ0) is 15.1. The summed E-state index contributed by atoms with van der Waals surface area (Å²) in [5.41, 5.74) is 2.39. The van der Waals surface area contributed by atoms with Gasteiger partial charge in [0.1, 0.15) is 0 Å². The topological polar surface area (TPSA) is 49.8 Å². The molecule has 2 saturated heterocycles. The van der Waals surface area contributed by atoms with Gasteiger partial charge in [0.15, 0.2) is 0 Å². The fourth-order valence-corrected chi connectivity index (χ4v) is 4.13. The minimum atomic E-state index is -0.445. The Morgan fingerprint density at radius 2 is 1.95 bits per heavy atom. The van der Waals surface area contributed by atoms with Crippen molar-refractivity contribution in [3.8, 4) is 0 Å². The number of fused-ring (bicyclic) bond motifs is 2. The summed E-state index contributed by atoms with van der Waals surface area (Å²) in [7, 11) is 3.44.